The average Bonchev–Trinajstić information content (AvgIpc) is 3.47. The van der Waals surface area contributed by atoms with Crippen molar-refractivity contribution in [3.8, 4) is 28.2 Å². The highest BCUT2D eigenvalue weighted by Crippen LogP contribution is 2.48. The fourth-order valence-electron chi connectivity index (χ4n) is 7.44. The van der Waals surface area contributed by atoms with Crippen LogP contribution in [0.25, 0.3) is 93.4 Å². The number of para-hydroxylation sites is 3. The molecule has 0 bridgehead atoms. The molecule has 0 saturated carbocycles. The average molecular weight is 572 g/mol. The lowest BCUT2D eigenvalue weighted by atomic mass is 9.90. The third-order valence-electron chi connectivity index (χ3n) is 9.29. The van der Waals surface area contributed by atoms with Crippen molar-refractivity contribution in [1.82, 2.24) is 14.5 Å². The summed E-state index contributed by atoms with van der Waals surface area (Å²) in [5.41, 5.74) is 9.24. The lowest BCUT2D eigenvalue weighted by Gasteiger charge is -2.16. The molecule has 10 aromatic rings. The van der Waals surface area contributed by atoms with Gasteiger partial charge in [0.25, 0.3) is 0 Å². The molecule has 0 aliphatic heterocycles. The van der Waals surface area contributed by atoms with Crippen LogP contribution in [0.3, 0.4) is 0 Å². The summed E-state index contributed by atoms with van der Waals surface area (Å²) >= 11 is 0. The Balaban J connectivity index is 1.47. The summed E-state index contributed by atoms with van der Waals surface area (Å²) in [6.45, 7) is 0. The van der Waals surface area contributed by atoms with E-state index in [9.17, 15) is 0 Å². The Labute approximate surface area is 259 Å². The predicted octanol–water partition coefficient (Wildman–Crippen LogP) is 11.0. The molecule has 3 nitrogen and oxygen atoms in total. The SMILES string of the molecule is c1ccc(-c2nc3ccccc3nc2-c2cccc3cc4c5ccccc5c5cccc6c5c4c(c23)n6-c2ccccc2)cc1. The van der Waals surface area contributed by atoms with E-state index in [0.717, 1.165) is 39.2 Å². The minimum Gasteiger partial charge on any atom is -0.309 e. The van der Waals surface area contributed by atoms with Gasteiger partial charge in [-0.3, -0.25) is 0 Å². The van der Waals surface area contributed by atoms with Crippen molar-refractivity contribution in [3.05, 3.63) is 152 Å². The van der Waals surface area contributed by atoms with E-state index in [2.05, 4.69) is 132 Å². The van der Waals surface area contributed by atoms with Crippen LogP contribution in [-0.4, -0.2) is 14.5 Å². The van der Waals surface area contributed by atoms with Gasteiger partial charge in [-0.05, 0) is 63.3 Å². The third kappa shape index (κ3) is 3.41. The number of hydrogen-bond acceptors (Lipinski definition) is 2. The van der Waals surface area contributed by atoms with Crippen LogP contribution in [0.15, 0.2) is 152 Å². The molecule has 8 aromatic carbocycles. The molecule has 0 atom stereocenters. The van der Waals surface area contributed by atoms with Crippen molar-refractivity contribution in [2.45, 2.75) is 0 Å². The van der Waals surface area contributed by atoms with Gasteiger partial charge in [-0.25, -0.2) is 9.97 Å². The Morgan fingerprint density at radius 3 is 1.82 bits per heavy atom. The smallest absolute Gasteiger partial charge is 0.0980 e. The summed E-state index contributed by atoms with van der Waals surface area (Å²) in [7, 11) is 0. The summed E-state index contributed by atoms with van der Waals surface area (Å²) in [5, 5.41) is 10.1. The van der Waals surface area contributed by atoms with Crippen LogP contribution in [-0.2, 0) is 0 Å². The largest absolute Gasteiger partial charge is 0.309 e. The third-order valence-corrected chi connectivity index (χ3v) is 9.29. The van der Waals surface area contributed by atoms with Gasteiger partial charge in [-0.2, -0.15) is 0 Å². The van der Waals surface area contributed by atoms with Crippen molar-refractivity contribution in [2.75, 3.05) is 0 Å². The van der Waals surface area contributed by atoms with Crippen LogP contribution in [0.1, 0.15) is 0 Å². The lowest BCUT2D eigenvalue weighted by Crippen LogP contribution is -1.98. The maximum Gasteiger partial charge on any atom is 0.0980 e. The first kappa shape index (κ1) is 24.4. The van der Waals surface area contributed by atoms with Crippen molar-refractivity contribution in [1.29, 1.82) is 0 Å². The molecule has 0 radical (unpaired) electrons. The fraction of sp³-hybridized carbons (Fsp3) is 0. The Hall–Kier alpha value is -6.06. The predicted molar refractivity (Wildman–Crippen MR) is 188 cm³/mol. The van der Waals surface area contributed by atoms with Gasteiger partial charge in [-0.1, -0.05) is 115 Å². The molecule has 45 heavy (non-hydrogen) atoms. The van der Waals surface area contributed by atoms with Gasteiger partial charge in [0.2, 0.25) is 0 Å². The zero-order valence-corrected chi connectivity index (χ0v) is 24.3. The number of fused-ring (bicyclic) bond motifs is 6. The maximum atomic E-state index is 5.35. The van der Waals surface area contributed by atoms with E-state index in [-0.39, 0.29) is 0 Å². The van der Waals surface area contributed by atoms with Gasteiger partial charge in [0.1, 0.15) is 0 Å². The number of hydrogen-bond donors (Lipinski definition) is 0. The summed E-state index contributed by atoms with van der Waals surface area (Å²) in [6, 6.07) is 54.0. The topological polar surface area (TPSA) is 30.7 Å². The molecule has 0 aliphatic rings. The number of rotatable bonds is 3. The zero-order chi connectivity index (χ0) is 29.5. The van der Waals surface area contributed by atoms with Crippen molar-refractivity contribution in [3.63, 3.8) is 0 Å². The number of aromatic nitrogens is 3. The Morgan fingerprint density at radius 2 is 1.04 bits per heavy atom. The zero-order valence-electron chi connectivity index (χ0n) is 24.3. The second-order valence-corrected chi connectivity index (χ2v) is 11.7. The fourth-order valence-corrected chi connectivity index (χ4v) is 7.44. The van der Waals surface area contributed by atoms with E-state index in [1.807, 2.05) is 24.3 Å². The van der Waals surface area contributed by atoms with Crippen LogP contribution >= 0.6 is 0 Å². The molecular weight excluding hydrogens is 546 g/mol. The van der Waals surface area contributed by atoms with Crippen LogP contribution in [0.2, 0.25) is 0 Å². The van der Waals surface area contributed by atoms with Gasteiger partial charge < -0.3 is 4.57 Å². The van der Waals surface area contributed by atoms with E-state index in [1.54, 1.807) is 0 Å². The highest BCUT2D eigenvalue weighted by Gasteiger charge is 2.24. The van der Waals surface area contributed by atoms with E-state index in [1.165, 1.54) is 54.1 Å². The van der Waals surface area contributed by atoms with Gasteiger partial charge >= 0.3 is 0 Å². The highest BCUT2D eigenvalue weighted by molar-refractivity contribution is 6.39. The first-order chi connectivity index (χ1) is 22.3. The maximum absolute atomic E-state index is 5.35. The molecular formula is C42H25N3. The Kier molecular flexibility index (Phi) is 5.00. The van der Waals surface area contributed by atoms with E-state index < -0.39 is 0 Å². The van der Waals surface area contributed by atoms with Crippen molar-refractivity contribution < 1.29 is 0 Å². The van der Waals surface area contributed by atoms with Gasteiger partial charge in [-0.15, -0.1) is 0 Å². The summed E-state index contributed by atoms with van der Waals surface area (Å²) in [4.78, 5) is 10.6. The van der Waals surface area contributed by atoms with E-state index >= 15 is 0 Å². The van der Waals surface area contributed by atoms with E-state index in [0.29, 0.717) is 0 Å². The Morgan fingerprint density at radius 1 is 0.422 bits per heavy atom. The summed E-state index contributed by atoms with van der Waals surface area (Å²) in [5.74, 6) is 0. The summed E-state index contributed by atoms with van der Waals surface area (Å²) in [6.07, 6.45) is 0. The molecule has 0 fully saturated rings. The first-order valence-corrected chi connectivity index (χ1v) is 15.4. The first-order valence-electron chi connectivity index (χ1n) is 15.4. The quantitative estimate of drug-likeness (QED) is 0.156. The highest BCUT2D eigenvalue weighted by atomic mass is 15.0. The monoisotopic (exact) mass is 571 g/mol. The molecule has 10 rings (SSSR count). The lowest BCUT2D eigenvalue weighted by molar-refractivity contribution is 1.19. The molecule has 0 spiro atoms. The molecule has 2 heterocycles. The molecule has 0 N–H and O–H groups in total. The standard InChI is InChI=1S/C42H25N3/c1-3-13-26(14-4-1)40-41(44-35-23-10-9-22-34(35)43-40)32-21-11-15-27-25-33-30-19-8-7-18-29(30)31-20-12-24-36-38(31)39(33)42(37(27)32)45(36)28-16-5-2-6-17-28/h1-25H. The van der Waals surface area contributed by atoms with Crippen molar-refractivity contribution in [2.24, 2.45) is 0 Å². The van der Waals surface area contributed by atoms with Crippen LogP contribution in [0.4, 0.5) is 0 Å². The molecule has 0 saturated heterocycles. The van der Waals surface area contributed by atoms with E-state index in [4.69, 9.17) is 9.97 Å². The van der Waals surface area contributed by atoms with Gasteiger partial charge in [0, 0.05) is 33.0 Å². The molecule has 0 aliphatic carbocycles. The van der Waals surface area contributed by atoms with Gasteiger partial charge in [0.05, 0.1) is 33.5 Å². The second kappa shape index (κ2) is 9.22. The minimum atomic E-state index is 0.887. The summed E-state index contributed by atoms with van der Waals surface area (Å²) < 4.78 is 2.46. The van der Waals surface area contributed by atoms with Crippen LogP contribution in [0.5, 0.6) is 0 Å². The molecule has 3 heteroatoms. The normalized spacial score (nSPS) is 12.0. The minimum absolute atomic E-state index is 0.887. The number of benzene rings is 8. The molecule has 208 valence electrons. The van der Waals surface area contributed by atoms with Crippen LogP contribution < -0.4 is 0 Å². The Bertz CT molecular complexity index is 2740. The van der Waals surface area contributed by atoms with Crippen LogP contribution in [0, 0.1) is 0 Å². The van der Waals surface area contributed by atoms with Gasteiger partial charge in [0.15, 0.2) is 0 Å². The van der Waals surface area contributed by atoms with Crippen molar-refractivity contribution >= 4 is 65.2 Å². The molecule has 2 aromatic heterocycles. The molecule has 0 amide bonds. The molecule has 0 unspecified atom stereocenters. The second-order valence-electron chi connectivity index (χ2n) is 11.7. The number of nitrogens with zero attached hydrogens (tertiary/aromatic N) is 3.